The first-order chi connectivity index (χ1) is 9.16. The third-order valence-electron chi connectivity index (χ3n) is 2.73. The van der Waals surface area contributed by atoms with Crippen molar-refractivity contribution in [2.24, 2.45) is 5.73 Å². The van der Waals surface area contributed by atoms with Crippen LogP contribution in [0.3, 0.4) is 0 Å². The van der Waals surface area contributed by atoms with E-state index in [1.54, 1.807) is 0 Å². The van der Waals surface area contributed by atoms with Crippen LogP contribution in [0.15, 0.2) is 66.7 Å². The number of primary amides is 1. The quantitative estimate of drug-likeness (QED) is 0.382. The Hall–Kier alpha value is -1.19. The number of halogens is 2. The first kappa shape index (κ1) is 23.1. The van der Waals surface area contributed by atoms with E-state index in [0.29, 0.717) is 0 Å². The smallest absolute Gasteiger partial charge is 1.00 e. The molecule has 0 unspecified atom stereocenters. The maximum absolute atomic E-state index is 9.22. The van der Waals surface area contributed by atoms with Crippen LogP contribution in [-0.2, 0) is 26.5 Å². The van der Waals surface area contributed by atoms with Crippen LogP contribution in [0, 0.1) is 0 Å². The van der Waals surface area contributed by atoms with Crippen LogP contribution < -0.4 is 30.5 Å². The maximum Gasteiger partial charge on any atom is 3.00 e. The van der Waals surface area contributed by atoms with Gasteiger partial charge in [0.1, 0.15) is 0 Å². The molecule has 3 aromatic rings. The predicted octanol–water partition coefficient (Wildman–Crippen LogP) is -2.28. The molecule has 2 nitrogen and oxygen atoms in total. The van der Waals surface area contributed by atoms with Gasteiger partial charge in [0.05, 0.1) is 0 Å². The van der Waals surface area contributed by atoms with Crippen LogP contribution in [0.5, 0.6) is 0 Å². The van der Waals surface area contributed by atoms with Crippen molar-refractivity contribution in [1.82, 2.24) is 0 Å². The van der Waals surface area contributed by atoms with Crippen molar-refractivity contribution in [2.45, 2.75) is 6.92 Å². The normalized spacial score (nSPS) is 8.41. The molecular formula is C17H16Cl2NOTi. The SMILES string of the molecule is CC(N)=O.[Cl-].[Cl-].[Ti+3].c1ccc(-c2cc3ccccc3[cH-]2)cc1. The van der Waals surface area contributed by atoms with Crippen LogP contribution in [0.25, 0.3) is 21.9 Å². The van der Waals surface area contributed by atoms with Crippen LogP contribution >= 0.6 is 0 Å². The third-order valence-corrected chi connectivity index (χ3v) is 2.73. The molecule has 22 heavy (non-hydrogen) atoms. The fraction of sp³-hybridized carbons (Fsp3) is 0.0588. The molecule has 0 fully saturated rings. The number of hydrogen-bond donors (Lipinski definition) is 1. The first-order valence-electron chi connectivity index (χ1n) is 6.14. The van der Waals surface area contributed by atoms with Crippen molar-refractivity contribution in [3.63, 3.8) is 0 Å². The average Bonchev–Trinajstić information content (AvgIpc) is 2.83. The predicted molar refractivity (Wildman–Crippen MR) is 79.8 cm³/mol. The van der Waals surface area contributed by atoms with Crippen molar-refractivity contribution < 1.29 is 51.3 Å². The zero-order valence-electron chi connectivity index (χ0n) is 12.1. The summed E-state index contributed by atoms with van der Waals surface area (Å²) in [5.74, 6) is -0.333. The number of hydrogen-bond acceptors (Lipinski definition) is 1. The Morgan fingerprint density at radius 1 is 0.955 bits per heavy atom. The standard InChI is InChI=1S/C15H11.C2H5NO.2ClH.Ti/c1-2-6-12(7-3-1)15-10-13-8-4-5-9-14(13)11-15;1-2(3)4;;;/h1-11H;1H3,(H2,3,4);2*1H;/q-1;;;;+3/p-2. The van der Waals surface area contributed by atoms with Gasteiger partial charge < -0.3 is 30.5 Å². The van der Waals surface area contributed by atoms with E-state index in [-0.39, 0.29) is 52.4 Å². The van der Waals surface area contributed by atoms with Gasteiger partial charge >= 0.3 is 21.7 Å². The second-order valence-electron chi connectivity index (χ2n) is 4.35. The molecule has 0 aliphatic heterocycles. The Morgan fingerprint density at radius 2 is 1.45 bits per heavy atom. The summed E-state index contributed by atoms with van der Waals surface area (Å²) in [5, 5.41) is 2.63. The molecular weight excluding hydrogens is 353 g/mol. The Kier molecular flexibility index (Phi) is 12.0. The number of carbonyl (C=O) groups is 1. The van der Waals surface area contributed by atoms with Gasteiger partial charge in [-0.15, -0.1) is 34.5 Å². The molecule has 1 radical (unpaired) electrons. The molecule has 2 N–H and O–H groups in total. The van der Waals surface area contributed by atoms with Crippen molar-refractivity contribution >= 4 is 16.7 Å². The van der Waals surface area contributed by atoms with Gasteiger partial charge in [-0.25, -0.2) is 0 Å². The van der Waals surface area contributed by atoms with Crippen LogP contribution in [0.4, 0.5) is 0 Å². The molecule has 113 valence electrons. The minimum Gasteiger partial charge on any atom is -1.00 e. The summed E-state index contributed by atoms with van der Waals surface area (Å²) in [7, 11) is 0. The summed E-state index contributed by atoms with van der Waals surface area (Å²) in [6.45, 7) is 1.31. The monoisotopic (exact) mass is 368 g/mol. The van der Waals surface area contributed by atoms with Crippen LogP contribution in [0.1, 0.15) is 6.92 Å². The molecule has 0 atom stereocenters. The van der Waals surface area contributed by atoms with Gasteiger partial charge in [0.2, 0.25) is 5.91 Å². The second kappa shape index (κ2) is 11.4. The van der Waals surface area contributed by atoms with Crippen LogP contribution in [-0.4, -0.2) is 5.91 Å². The molecule has 0 saturated carbocycles. The molecule has 5 heteroatoms. The fourth-order valence-electron chi connectivity index (χ4n) is 1.95. The van der Waals surface area contributed by atoms with Gasteiger partial charge in [0.15, 0.2) is 0 Å². The summed E-state index contributed by atoms with van der Waals surface area (Å²) in [6.07, 6.45) is 0. The largest absolute Gasteiger partial charge is 3.00 e. The number of amides is 1. The maximum atomic E-state index is 9.22. The topological polar surface area (TPSA) is 43.1 Å². The molecule has 1 amide bonds. The Morgan fingerprint density at radius 3 is 2.00 bits per heavy atom. The Bertz CT molecular complexity index is 646. The molecule has 0 spiro atoms. The summed E-state index contributed by atoms with van der Waals surface area (Å²) >= 11 is 0. The first-order valence-corrected chi connectivity index (χ1v) is 6.14. The average molecular weight is 369 g/mol. The fourth-order valence-corrected chi connectivity index (χ4v) is 1.95. The Balaban J connectivity index is 0. The molecule has 3 rings (SSSR count). The van der Waals surface area contributed by atoms with Gasteiger partial charge in [0.25, 0.3) is 0 Å². The molecule has 0 heterocycles. The van der Waals surface area contributed by atoms with Crippen LogP contribution in [0.2, 0.25) is 0 Å². The Labute approximate surface area is 158 Å². The zero-order chi connectivity index (χ0) is 13.7. The molecule has 0 aliphatic carbocycles. The van der Waals surface area contributed by atoms with Crippen molar-refractivity contribution in [3.05, 3.63) is 66.7 Å². The van der Waals surface area contributed by atoms with Gasteiger partial charge in [-0.05, 0) is 0 Å². The van der Waals surface area contributed by atoms with E-state index < -0.39 is 0 Å². The zero-order valence-corrected chi connectivity index (χ0v) is 15.2. The van der Waals surface area contributed by atoms with Crippen molar-refractivity contribution in [1.29, 1.82) is 0 Å². The number of carbonyl (C=O) groups excluding carboxylic acids is 1. The molecule has 0 bridgehead atoms. The van der Waals surface area contributed by atoms with E-state index in [0.717, 1.165) is 0 Å². The summed E-state index contributed by atoms with van der Waals surface area (Å²) in [6, 6.07) is 23.4. The number of rotatable bonds is 1. The van der Waals surface area contributed by atoms with E-state index in [1.807, 2.05) is 6.07 Å². The molecule has 0 aromatic heterocycles. The van der Waals surface area contributed by atoms with Gasteiger partial charge in [-0.1, -0.05) is 54.1 Å². The number of benzene rings is 2. The van der Waals surface area contributed by atoms with Crippen molar-refractivity contribution in [3.8, 4) is 11.1 Å². The molecule has 0 aliphatic rings. The number of fused-ring (bicyclic) bond motifs is 1. The minimum atomic E-state index is -0.333. The summed E-state index contributed by atoms with van der Waals surface area (Å²) < 4.78 is 0. The van der Waals surface area contributed by atoms with E-state index in [9.17, 15) is 4.79 Å². The van der Waals surface area contributed by atoms with Gasteiger partial charge in [0, 0.05) is 6.92 Å². The van der Waals surface area contributed by atoms with Crippen molar-refractivity contribution in [2.75, 3.05) is 0 Å². The summed E-state index contributed by atoms with van der Waals surface area (Å²) in [5.41, 5.74) is 7.06. The minimum absolute atomic E-state index is 0. The van der Waals surface area contributed by atoms with E-state index in [2.05, 4.69) is 66.4 Å². The van der Waals surface area contributed by atoms with E-state index in [1.165, 1.54) is 28.8 Å². The third kappa shape index (κ3) is 6.72. The summed E-state index contributed by atoms with van der Waals surface area (Å²) in [4.78, 5) is 9.22. The van der Waals surface area contributed by atoms with Gasteiger partial charge in [-0.2, -0.15) is 0 Å². The van der Waals surface area contributed by atoms with E-state index in [4.69, 9.17) is 0 Å². The van der Waals surface area contributed by atoms with E-state index >= 15 is 0 Å². The van der Waals surface area contributed by atoms with Gasteiger partial charge in [-0.3, -0.25) is 4.79 Å². The molecule has 0 saturated heterocycles. The number of nitrogens with two attached hydrogens (primary N) is 1. The molecule has 3 aromatic carbocycles. The second-order valence-corrected chi connectivity index (χ2v) is 4.35.